The number of ether oxygens (including phenoxy) is 1. The SMILES string of the molecule is CCCCCCC(C/C=C/CCCCCCCNC(=O)C(C)(C)C)OC(C)(C)C. The lowest BCUT2D eigenvalue weighted by molar-refractivity contribution is -0.128. The number of nitrogens with one attached hydrogen (secondary N) is 1. The molecule has 0 bridgehead atoms. The molecule has 0 spiro atoms. The number of rotatable bonds is 16. The van der Waals surface area contributed by atoms with Crippen LogP contribution in [0.15, 0.2) is 12.2 Å². The predicted octanol–water partition coefficient (Wildman–Crippen LogP) is 7.59. The van der Waals surface area contributed by atoms with E-state index >= 15 is 0 Å². The van der Waals surface area contributed by atoms with Crippen LogP contribution in [0.4, 0.5) is 0 Å². The second-order valence-corrected chi connectivity index (χ2v) is 10.5. The van der Waals surface area contributed by atoms with Crippen LogP contribution in [0.2, 0.25) is 0 Å². The van der Waals surface area contributed by atoms with E-state index in [0.717, 1.165) is 19.4 Å². The minimum absolute atomic E-state index is 0.0599. The number of amides is 1. The first-order valence-electron chi connectivity index (χ1n) is 12.2. The van der Waals surface area contributed by atoms with Gasteiger partial charge in [-0.1, -0.05) is 84.8 Å². The standard InChI is InChI=1S/C26H51NO2/c1-8-9-10-17-20-23(29-26(5,6)7)21-18-15-13-11-12-14-16-19-22-27-24(28)25(2,3)4/h15,18,23H,8-14,16-17,19-22H2,1-7H3,(H,27,28)/b18-15+. The Hall–Kier alpha value is -0.830. The number of carbonyl (C=O) groups is 1. The van der Waals surface area contributed by atoms with Crippen molar-refractivity contribution in [3.8, 4) is 0 Å². The van der Waals surface area contributed by atoms with Crippen molar-refractivity contribution in [2.75, 3.05) is 6.54 Å². The zero-order valence-electron chi connectivity index (χ0n) is 20.7. The first-order chi connectivity index (χ1) is 13.6. The van der Waals surface area contributed by atoms with Gasteiger partial charge in [0.2, 0.25) is 5.91 Å². The van der Waals surface area contributed by atoms with E-state index in [1.807, 2.05) is 20.8 Å². The van der Waals surface area contributed by atoms with Crippen LogP contribution in [-0.4, -0.2) is 24.2 Å². The van der Waals surface area contributed by atoms with Gasteiger partial charge in [-0.05, 0) is 52.9 Å². The Morgan fingerprint density at radius 2 is 1.48 bits per heavy atom. The third-order valence-corrected chi connectivity index (χ3v) is 4.98. The summed E-state index contributed by atoms with van der Waals surface area (Å²) in [6, 6.07) is 0. The summed E-state index contributed by atoms with van der Waals surface area (Å²) in [4.78, 5) is 11.8. The predicted molar refractivity (Wildman–Crippen MR) is 127 cm³/mol. The van der Waals surface area contributed by atoms with Crippen LogP contribution >= 0.6 is 0 Å². The van der Waals surface area contributed by atoms with Crippen LogP contribution in [0.3, 0.4) is 0 Å². The lowest BCUT2D eigenvalue weighted by atomic mass is 9.96. The molecule has 0 saturated heterocycles. The Kier molecular flexibility index (Phi) is 15.5. The first kappa shape index (κ1) is 28.2. The molecular formula is C26H51NO2. The van der Waals surface area contributed by atoms with E-state index in [2.05, 4.69) is 45.2 Å². The van der Waals surface area contributed by atoms with Gasteiger partial charge in [0, 0.05) is 12.0 Å². The molecule has 1 atom stereocenters. The van der Waals surface area contributed by atoms with Crippen LogP contribution in [0.25, 0.3) is 0 Å². The maximum Gasteiger partial charge on any atom is 0.225 e. The summed E-state index contributed by atoms with van der Waals surface area (Å²) in [6.45, 7) is 15.4. The van der Waals surface area contributed by atoms with E-state index in [9.17, 15) is 4.79 Å². The Balaban J connectivity index is 3.80. The molecule has 0 aliphatic heterocycles. The number of allylic oxidation sites excluding steroid dienone is 1. The third kappa shape index (κ3) is 18.9. The molecule has 29 heavy (non-hydrogen) atoms. The van der Waals surface area contributed by atoms with Gasteiger partial charge >= 0.3 is 0 Å². The maximum atomic E-state index is 11.8. The summed E-state index contributed by atoms with van der Waals surface area (Å²) in [6.07, 6.45) is 19.7. The monoisotopic (exact) mass is 409 g/mol. The van der Waals surface area contributed by atoms with E-state index in [1.165, 1.54) is 64.2 Å². The lowest BCUT2D eigenvalue weighted by Gasteiger charge is -2.27. The molecule has 0 radical (unpaired) electrons. The molecule has 3 heteroatoms. The second-order valence-electron chi connectivity index (χ2n) is 10.5. The molecule has 0 aromatic heterocycles. The third-order valence-electron chi connectivity index (χ3n) is 4.98. The van der Waals surface area contributed by atoms with Crippen molar-refractivity contribution in [3.05, 3.63) is 12.2 Å². The normalized spacial score (nSPS) is 13.8. The Bertz CT molecular complexity index is 429. The van der Waals surface area contributed by atoms with Gasteiger partial charge in [-0.25, -0.2) is 0 Å². The molecule has 0 aromatic rings. The first-order valence-corrected chi connectivity index (χ1v) is 12.2. The molecule has 1 N–H and O–H groups in total. The van der Waals surface area contributed by atoms with Crippen LogP contribution in [0.5, 0.6) is 0 Å². The molecule has 1 amide bonds. The molecular weight excluding hydrogens is 358 g/mol. The van der Waals surface area contributed by atoms with Crippen molar-refractivity contribution in [1.29, 1.82) is 0 Å². The van der Waals surface area contributed by atoms with Gasteiger partial charge in [0.05, 0.1) is 11.7 Å². The van der Waals surface area contributed by atoms with Crippen molar-refractivity contribution in [1.82, 2.24) is 5.32 Å². The lowest BCUT2D eigenvalue weighted by Crippen LogP contribution is -2.35. The molecule has 1 unspecified atom stereocenters. The number of unbranched alkanes of at least 4 members (excludes halogenated alkanes) is 8. The van der Waals surface area contributed by atoms with Crippen molar-refractivity contribution in [2.24, 2.45) is 5.41 Å². The minimum Gasteiger partial charge on any atom is -0.372 e. The van der Waals surface area contributed by atoms with Crippen molar-refractivity contribution >= 4 is 5.91 Å². The highest BCUT2D eigenvalue weighted by molar-refractivity contribution is 5.81. The minimum atomic E-state index is -0.279. The Labute approximate surface area is 182 Å². The van der Waals surface area contributed by atoms with Gasteiger partial charge in [-0.2, -0.15) is 0 Å². The summed E-state index contributed by atoms with van der Waals surface area (Å²) in [7, 11) is 0. The Morgan fingerprint density at radius 3 is 2.10 bits per heavy atom. The van der Waals surface area contributed by atoms with E-state index in [-0.39, 0.29) is 16.9 Å². The van der Waals surface area contributed by atoms with Gasteiger partial charge in [0.25, 0.3) is 0 Å². The maximum absolute atomic E-state index is 11.8. The summed E-state index contributed by atoms with van der Waals surface area (Å²) in [5, 5.41) is 3.03. The van der Waals surface area contributed by atoms with Gasteiger partial charge in [-0.15, -0.1) is 0 Å². The van der Waals surface area contributed by atoms with Gasteiger partial charge in [0.1, 0.15) is 0 Å². The summed E-state index contributed by atoms with van der Waals surface area (Å²) < 4.78 is 6.26. The molecule has 3 nitrogen and oxygen atoms in total. The van der Waals surface area contributed by atoms with Crippen LogP contribution in [-0.2, 0) is 9.53 Å². The molecule has 0 aliphatic rings. The summed E-state index contributed by atoms with van der Waals surface area (Å²) in [5.74, 6) is 0.154. The largest absolute Gasteiger partial charge is 0.372 e. The number of hydrogen-bond acceptors (Lipinski definition) is 2. The molecule has 0 rings (SSSR count). The zero-order valence-corrected chi connectivity index (χ0v) is 20.7. The van der Waals surface area contributed by atoms with E-state index < -0.39 is 0 Å². The molecule has 0 fully saturated rings. The van der Waals surface area contributed by atoms with Gasteiger partial charge < -0.3 is 10.1 Å². The molecule has 0 aliphatic carbocycles. The summed E-state index contributed by atoms with van der Waals surface area (Å²) in [5.41, 5.74) is -0.339. The van der Waals surface area contributed by atoms with E-state index in [0.29, 0.717) is 6.10 Å². The van der Waals surface area contributed by atoms with Crippen molar-refractivity contribution < 1.29 is 9.53 Å². The van der Waals surface area contributed by atoms with E-state index in [1.54, 1.807) is 0 Å². The Morgan fingerprint density at radius 1 is 0.862 bits per heavy atom. The van der Waals surface area contributed by atoms with Crippen LogP contribution < -0.4 is 5.32 Å². The number of carbonyl (C=O) groups excluding carboxylic acids is 1. The molecule has 0 heterocycles. The zero-order chi connectivity index (χ0) is 22.2. The van der Waals surface area contributed by atoms with Gasteiger partial charge in [-0.3, -0.25) is 4.79 Å². The summed E-state index contributed by atoms with van der Waals surface area (Å²) >= 11 is 0. The smallest absolute Gasteiger partial charge is 0.225 e. The quantitative estimate of drug-likeness (QED) is 0.211. The highest BCUT2D eigenvalue weighted by atomic mass is 16.5. The fourth-order valence-electron chi connectivity index (χ4n) is 3.27. The van der Waals surface area contributed by atoms with Crippen LogP contribution in [0, 0.1) is 5.41 Å². The van der Waals surface area contributed by atoms with Gasteiger partial charge in [0.15, 0.2) is 0 Å². The van der Waals surface area contributed by atoms with Crippen LogP contribution in [0.1, 0.15) is 126 Å². The molecule has 0 saturated carbocycles. The highest BCUT2D eigenvalue weighted by Gasteiger charge is 2.20. The molecule has 0 aromatic carbocycles. The average molecular weight is 410 g/mol. The fourth-order valence-corrected chi connectivity index (χ4v) is 3.27. The second kappa shape index (κ2) is 15.9. The van der Waals surface area contributed by atoms with E-state index in [4.69, 9.17) is 4.74 Å². The number of hydrogen-bond donors (Lipinski definition) is 1. The highest BCUT2D eigenvalue weighted by Crippen LogP contribution is 2.19. The topological polar surface area (TPSA) is 38.3 Å². The molecule has 172 valence electrons. The van der Waals surface area contributed by atoms with Crippen molar-refractivity contribution in [2.45, 2.75) is 137 Å². The average Bonchev–Trinajstić information content (AvgIpc) is 2.60. The fraction of sp³-hybridized carbons (Fsp3) is 0.885. The van der Waals surface area contributed by atoms with Crippen molar-refractivity contribution in [3.63, 3.8) is 0 Å².